The van der Waals surface area contributed by atoms with E-state index in [1.54, 1.807) is 25.1 Å². The number of esters is 1. The third-order valence-electron chi connectivity index (χ3n) is 2.44. The van der Waals surface area contributed by atoms with E-state index in [9.17, 15) is 4.79 Å². The molecular weight excluding hydrogens is 244 g/mol. The molecule has 0 aliphatic rings. The molecule has 1 aromatic carbocycles. The summed E-state index contributed by atoms with van der Waals surface area (Å²) in [4.78, 5) is 11.8. The van der Waals surface area contributed by atoms with Crippen molar-refractivity contribution < 1.29 is 14.3 Å². The van der Waals surface area contributed by atoms with Crippen molar-refractivity contribution in [3.8, 4) is 11.8 Å². The van der Waals surface area contributed by atoms with Crippen molar-refractivity contribution in [1.29, 1.82) is 5.26 Å². The van der Waals surface area contributed by atoms with Gasteiger partial charge in [-0.1, -0.05) is 0 Å². The van der Waals surface area contributed by atoms with Crippen molar-refractivity contribution in [2.24, 2.45) is 0 Å². The van der Waals surface area contributed by atoms with Crippen molar-refractivity contribution in [3.05, 3.63) is 23.8 Å². The second kappa shape index (κ2) is 7.98. The quantitative estimate of drug-likeness (QED) is 0.463. The van der Waals surface area contributed by atoms with Gasteiger partial charge in [0.25, 0.3) is 0 Å². The fraction of sp³-hybridized carbons (Fsp3) is 0.429. The molecule has 0 spiro atoms. The van der Waals surface area contributed by atoms with E-state index in [2.05, 4.69) is 6.07 Å². The monoisotopic (exact) mass is 262 g/mol. The number of unbranched alkanes of at least 4 members (excludes halogenated alkanes) is 2. The van der Waals surface area contributed by atoms with Gasteiger partial charge in [-0.2, -0.15) is 5.26 Å². The number of hydrogen-bond acceptors (Lipinski definition) is 5. The lowest BCUT2D eigenvalue weighted by Crippen LogP contribution is -2.09. The molecule has 0 unspecified atom stereocenters. The molecule has 0 amide bonds. The molecule has 0 radical (unpaired) electrons. The van der Waals surface area contributed by atoms with Gasteiger partial charge in [0.15, 0.2) is 0 Å². The Morgan fingerprint density at radius 3 is 2.89 bits per heavy atom. The summed E-state index contributed by atoms with van der Waals surface area (Å²) in [5.74, 6) is 0.0198. The van der Waals surface area contributed by atoms with Crippen LogP contribution in [0.2, 0.25) is 0 Å². The van der Waals surface area contributed by atoms with Crippen molar-refractivity contribution in [2.45, 2.75) is 26.2 Å². The summed E-state index contributed by atoms with van der Waals surface area (Å²) < 4.78 is 10.5. The zero-order valence-corrected chi connectivity index (χ0v) is 11.0. The van der Waals surface area contributed by atoms with Gasteiger partial charge in [-0.15, -0.1) is 0 Å². The maximum Gasteiger partial charge on any atom is 0.341 e. The van der Waals surface area contributed by atoms with Crippen LogP contribution in [0.4, 0.5) is 5.69 Å². The third-order valence-corrected chi connectivity index (χ3v) is 2.44. The van der Waals surface area contributed by atoms with Gasteiger partial charge in [0.2, 0.25) is 0 Å². The lowest BCUT2D eigenvalue weighted by molar-refractivity contribution is 0.0521. The number of rotatable bonds is 7. The normalized spacial score (nSPS) is 9.68. The van der Waals surface area contributed by atoms with Crippen LogP contribution in [0.25, 0.3) is 0 Å². The van der Waals surface area contributed by atoms with E-state index in [4.69, 9.17) is 20.5 Å². The van der Waals surface area contributed by atoms with Crippen LogP contribution in [-0.4, -0.2) is 19.2 Å². The van der Waals surface area contributed by atoms with E-state index in [1.807, 2.05) is 0 Å². The number of ether oxygens (including phenoxy) is 2. The van der Waals surface area contributed by atoms with Gasteiger partial charge in [-0.3, -0.25) is 0 Å². The fourth-order valence-electron chi connectivity index (χ4n) is 1.53. The summed E-state index contributed by atoms with van der Waals surface area (Å²) in [5.41, 5.74) is 6.48. The molecule has 0 aliphatic carbocycles. The molecule has 0 aliphatic heterocycles. The molecule has 102 valence electrons. The van der Waals surface area contributed by atoms with Gasteiger partial charge < -0.3 is 15.2 Å². The standard InChI is InChI=1S/C14H18N2O3/c1-2-18-14(17)12-10-11(16)6-7-13(12)19-9-5-3-4-8-15/h6-7,10H,2-5,9,16H2,1H3. The van der Waals surface area contributed by atoms with Crippen molar-refractivity contribution in [2.75, 3.05) is 18.9 Å². The van der Waals surface area contributed by atoms with Crippen LogP contribution in [0, 0.1) is 11.3 Å². The Labute approximate surface area is 112 Å². The summed E-state index contributed by atoms with van der Waals surface area (Å²) in [6, 6.07) is 6.95. The van der Waals surface area contributed by atoms with Gasteiger partial charge in [0, 0.05) is 12.1 Å². The van der Waals surface area contributed by atoms with Crippen LogP contribution in [0.1, 0.15) is 36.5 Å². The van der Waals surface area contributed by atoms with Gasteiger partial charge in [-0.25, -0.2) is 4.79 Å². The number of carbonyl (C=O) groups is 1. The minimum absolute atomic E-state index is 0.301. The molecule has 0 saturated heterocycles. The van der Waals surface area contributed by atoms with Crippen LogP contribution in [0.3, 0.4) is 0 Å². The second-order valence-electron chi connectivity index (χ2n) is 3.94. The van der Waals surface area contributed by atoms with E-state index < -0.39 is 5.97 Å². The Balaban J connectivity index is 2.66. The van der Waals surface area contributed by atoms with E-state index in [-0.39, 0.29) is 0 Å². The van der Waals surface area contributed by atoms with E-state index in [1.165, 1.54) is 0 Å². The molecule has 5 heteroatoms. The van der Waals surface area contributed by atoms with Crippen molar-refractivity contribution in [1.82, 2.24) is 0 Å². The molecule has 19 heavy (non-hydrogen) atoms. The minimum atomic E-state index is -0.443. The Hall–Kier alpha value is -2.22. The molecule has 0 fully saturated rings. The largest absolute Gasteiger partial charge is 0.493 e. The zero-order chi connectivity index (χ0) is 14.1. The molecule has 0 bridgehead atoms. The number of nitrogen functional groups attached to an aromatic ring is 1. The van der Waals surface area contributed by atoms with Gasteiger partial charge in [0.05, 0.1) is 19.3 Å². The molecule has 5 nitrogen and oxygen atoms in total. The summed E-state index contributed by atoms with van der Waals surface area (Å²) in [5, 5.41) is 8.42. The zero-order valence-electron chi connectivity index (χ0n) is 11.0. The Morgan fingerprint density at radius 2 is 2.21 bits per heavy atom. The highest BCUT2D eigenvalue weighted by Gasteiger charge is 2.14. The van der Waals surface area contributed by atoms with Crippen molar-refractivity contribution in [3.63, 3.8) is 0 Å². The van der Waals surface area contributed by atoms with Crippen LogP contribution >= 0.6 is 0 Å². The summed E-state index contributed by atoms with van der Waals surface area (Å²) in [6.45, 7) is 2.50. The SMILES string of the molecule is CCOC(=O)c1cc(N)ccc1OCCCCC#N. The Morgan fingerprint density at radius 1 is 1.42 bits per heavy atom. The number of benzene rings is 1. The molecule has 0 heterocycles. The molecule has 0 atom stereocenters. The highest BCUT2D eigenvalue weighted by atomic mass is 16.5. The first-order valence-electron chi connectivity index (χ1n) is 6.25. The average molecular weight is 262 g/mol. The third kappa shape index (κ3) is 4.88. The van der Waals surface area contributed by atoms with Gasteiger partial charge >= 0.3 is 5.97 Å². The number of anilines is 1. The minimum Gasteiger partial charge on any atom is -0.493 e. The lowest BCUT2D eigenvalue weighted by Gasteiger charge is -2.11. The van der Waals surface area contributed by atoms with Crippen LogP contribution in [-0.2, 0) is 4.74 Å². The molecule has 1 aromatic rings. The number of nitrogens with two attached hydrogens (primary N) is 1. The number of carbonyl (C=O) groups excluding carboxylic acids is 1. The van der Waals surface area contributed by atoms with E-state index in [0.717, 1.165) is 12.8 Å². The van der Waals surface area contributed by atoms with Crippen LogP contribution in [0.5, 0.6) is 5.75 Å². The maximum absolute atomic E-state index is 11.8. The first kappa shape index (κ1) is 14.8. The Bertz CT molecular complexity index is 466. The maximum atomic E-state index is 11.8. The molecule has 0 saturated carbocycles. The summed E-state index contributed by atoms with van der Waals surface area (Å²) in [7, 11) is 0. The number of nitriles is 1. The predicted octanol–water partition coefficient (Wildman–Crippen LogP) is 2.52. The molecule has 0 aromatic heterocycles. The first-order valence-corrected chi connectivity index (χ1v) is 6.25. The first-order chi connectivity index (χ1) is 9.19. The molecule has 2 N–H and O–H groups in total. The smallest absolute Gasteiger partial charge is 0.341 e. The number of nitrogens with zero attached hydrogens (tertiary/aromatic N) is 1. The highest BCUT2D eigenvalue weighted by Crippen LogP contribution is 2.22. The lowest BCUT2D eigenvalue weighted by atomic mass is 10.2. The van der Waals surface area contributed by atoms with E-state index >= 15 is 0 Å². The van der Waals surface area contributed by atoms with Crippen molar-refractivity contribution >= 4 is 11.7 Å². The van der Waals surface area contributed by atoms with Crippen LogP contribution in [0.15, 0.2) is 18.2 Å². The summed E-state index contributed by atoms with van der Waals surface area (Å²) in [6.07, 6.45) is 2.05. The fourth-order valence-corrected chi connectivity index (χ4v) is 1.53. The molecular formula is C14H18N2O3. The highest BCUT2D eigenvalue weighted by molar-refractivity contribution is 5.93. The Kier molecular flexibility index (Phi) is 6.23. The molecule has 1 rings (SSSR count). The van der Waals surface area contributed by atoms with Crippen LogP contribution < -0.4 is 10.5 Å². The average Bonchev–Trinajstić information content (AvgIpc) is 2.40. The van der Waals surface area contributed by atoms with Gasteiger partial charge in [-0.05, 0) is 38.0 Å². The second-order valence-corrected chi connectivity index (χ2v) is 3.94. The summed E-state index contributed by atoms with van der Waals surface area (Å²) >= 11 is 0. The predicted molar refractivity (Wildman–Crippen MR) is 71.8 cm³/mol. The van der Waals surface area contributed by atoms with E-state index in [0.29, 0.717) is 36.6 Å². The topological polar surface area (TPSA) is 85.3 Å². The van der Waals surface area contributed by atoms with Gasteiger partial charge in [0.1, 0.15) is 11.3 Å². The number of hydrogen-bond donors (Lipinski definition) is 1.